The zero-order valence-corrected chi connectivity index (χ0v) is 13.3. The normalized spacial score (nSPS) is 18.1. The molecule has 1 aromatic carbocycles. The second-order valence-electron chi connectivity index (χ2n) is 5.51. The Hall–Kier alpha value is -0.910. The minimum absolute atomic E-state index is 0.116. The first-order valence-corrected chi connectivity index (χ1v) is 7.69. The van der Waals surface area contributed by atoms with Crippen LogP contribution < -0.4 is 5.73 Å². The standard InChI is InChI=1S/C15H21BrN2O2/c1-11-12(3-2-4-13(11)16)9-14(19)18-7-5-15(20,10-17)6-8-18/h2-4,20H,5-10,17H2,1H3. The fourth-order valence-corrected chi connectivity index (χ4v) is 2.90. The number of hydrogen-bond donors (Lipinski definition) is 2. The maximum Gasteiger partial charge on any atom is 0.227 e. The summed E-state index contributed by atoms with van der Waals surface area (Å²) in [6.45, 7) is 3.44. The van der Waals surface area contributed by atoms with Gasteiger partial charge >= 0.3 is 0 Å². The van der Waals surface area contributed by atoms with Crippen LogP contribution in [0.5, 0.6) is 0 Å². The zero-order valence-electron chi connectivity index (χ0n) is 11.7. The zero-order chi connectivity index (χ0) is 14.8. The van der Waals surface area contributed by atoms with Crippen molar-refractivity contribution in [2.75, 3.05) is 19.6 Å². The van der Waals surface area contributed by atoms with Crippen molar-refractivity contribution < 1.29 is 9.90 Å². The number of amides is 1. The third-order valence-electron chi connectivity index (χ3n) is 4.15. The topological polar surface area (TPSA) is 66.6 Å². The van der Waals surface area contributed by atoms with Crippen molar-refractivity contribution in [3.05, 3.63) is 33.8 Å². The second-order valence-corrected chi connectivity index (χ2v) is 6.36. The van der Waals surface area contributed by atoms with Crippen LogP contribution in [0.4, 0.5) is 0 Å². The van der Waals surface area contributed by atoms with E-state index in [1.807, 2.05) is 30.0 Å². The summed E-state index contributed by atoms with van der Waals surface area (Å²) < 4.78 is 1.03. The number of hydrogen-bond acceptors (Lipinski definition) is 3. The number of carbonyl (C=O) groups is 1. The molecule has 0 spiro atoms. The van der Waals surface area contributed by atoms with Crippen molar-refractivity contribution in [2.24, 2.45) is 5.73 Å². The number of piperidine rings is 1. The van der Waals surface area contributed by atoms with Gasteiger partial charge in [0.15, 0.2) is 0 Å². The molecule has 1 amide bonds. The summed E-state index contributed by atoms with van der Waals surface area (Å²) in [4.78, 5) is 14.2. The fraction of sp³-hybridized carbons (Fsp3) is 0.533. The third-order valence-corrected chi connectivity index (χ3v) is 5.01. The van der Waals surface area contributed by atoms with Gasteiger partial charge in [0, 0.05) is 24.1 Å². The van der Waals surface area contributed by atoms with E-state index in [-0.39, 0.29) is 12.5 Å². The van der Waals surface area contributed by atoms with E-state index < -0.39 is 5.60 Å². The molecule has 0 bridgehead atoms. The van der Waals surface area contributed by atoms with Crippen LogP contribution in [-0.2, 0) is 11.2 Å². The van der Waals surface area contributed by atoms with Crippen LogP contribution in [0.1, 0.15) is 24.0 Å². The van der Waals surface area contributed by atoms with Gasteiger partial charge in [0.25, 0.3) is 0 Å². The molecule has 110 valence electrons. The van der Waals surface area contributed by atoms with Gasteiger partial charge < -0.3 is 15.7 Å². The van der Waals surface area contributed by atoms with E-state index in [1.165, 1.54) is 0 Å². The molecule has 20 heavy (non-hydrogen) atoms. The number of carbonyl (C=O) groups excluding carboxylic acids is 1. The molecule has 2 rings (SSSR count). The van der Waals surface area contributed by atoms with Gasteiger partial charge in [0.2, 0.25) is 5.91 Å². The molecule has 0 unspecified atom stereocenters. The van der Waals surface area contributed by atoms with Gasteiger partial charge in [0.05, 0.1) is 12.0 Å². The molecule has 1 saturated heterocycles. The third kappa shape index (κ3) is 3.40. The highest BCUT2D eigenvalue weighted by atomic mass is 79.9. The largest absolute Gasteiger partial charge is 0.388 e. The summed E-state index contributed by atoms with van der Waals surface area (Å²) in [7, 11) is 0. The van der Waals surface area contributed by atoms with Gasteiger partial charge in [-0.15, -0.1) is 0 Å². The summed E-state index contributed by atoms with van der Waals surface area (Å²) >= 11 is 3.48. The quantitative estimate of drug-likeness (QED) is 0.878. The highest BCUT2D eigenvalue weighted by Gasteiger charge is 2.32. The van der Waals surface area contributed by atoms with Crippen molar-refractivity contribution in [1.29, 1.82) is 0 Å². The lowest BCUT2D eigenvalue weighted by atomic mass is 9.91. The molecule has 0 radical (unpaired) electrons. The highest BCUT2D eigenvalue weighted by molar-refractivity contribution is 9.10. The monoisotopic (exact) mass is 340 g/mol. The van der Waals surface area contributed by atoms with Crippen LogP contribution in [-0.4, -0.2) is 41.1 Å². The number of nitrogens with two attached hydrogens (primary N) is 1. The van der Waals surface area contributed by atoms with Crippen molar-refractivity contribution in [1.82, 2.24) is 4.90 Å². The molecule has 1 aromatic rings. The molecule has 0 atom stereocenters. The van der Waals surface area contributed by atoms with Gasteiger partial charge in [-0.1, -0.05) is 28.1 Å². The molecule has 1 heterocycles. The van der Waals surface area contributed by atoms with Gasteiger partial charge in [0.1, 0.15) is 0 Å². The van der Waals surface area contributed by atoms with Crippen LogP contribution in [0.15, 0.2) is 22.7 Å². The van der Waals surface area contributed by atoms with Gasteiger partial charge in [-0.25, -0.2) is 0 Å². The lowest BCUT2D eigenvalue weighted by Gasteiger charge is -2.37. The van der Waals surface area contributed by atoms with Gasteiger partial charge in [-0.05, 0) is 37.0 Å². The Morgan fingerprint density at radius 3 is 2.70 bits per heavy atom. The molecule has 0 aromatic heterocycles. The molecule has 1 fully saturated rings. The summed E-state index contributed by atoms with van der Waals surface area (Å²) in [5.41, 5.74) is 6.92. The molecule has 4 nitrogen and oxygen atoms in total. The molecule has 5 heteroatoms. The Labute approximate surface area is 128 Å². The summed E-state index contributed by atoms with van der Waals surface area (Å²) in [6, 6.07) is 5.91. The fourth-order valence-electron chi connectivity index (χ4n) is 2.49. The average molecular weight is 341 g/mol. The summed E-state index contributed by atoms with van der Waals surface area (Å²) in [5, 5.41) is 10.1. The molecular formula is C15H21BrN2O2. The first-order valence-electron chi connectivity index (χ1n) is 6.89. The van der Waals surface area contributed by atoms with E-state index in [1.54, 1.807) is 0 Å². The van der Waals surface area contributed by atoms with Crippen molar-refractivity contribution in [3.63, 3.8) is 0 Å². The summed E-state index contributed by atoms with van der Waals surface area (Å²) in [5.74, 6) is 0.116. The van der Waals surface area contributed by atoms with Crippen LogP contribution in [0, 0.1) is 6.92 Å². The smallest absolute Gasteiger partial charge is 0.227 e. The maximum absolute atomic E-state index is 12.3. The van der Waals surface area contributed by atoms with E-state index >= 15 is 0 Å². The van der Waals surface area contributed by atoms with Gasteiger partial charge in [-0.3, -0.25) is 4.79 Å². The van der Waals surface area contributed by atoms with E-state index in [0.717, 1.165) is 15.6 Å². The maximum atomic E-state index is 12.3. The number of rotatable bonds is 3. The van der Waals surface area contributed by atoms with E-state index in [4.69, 9.17) is 5.73 Å². The van der Waals surface area contributed by atoms with Crippen LogP contribution in [0.25, 0.3) is 0 Å². The Balaban J connectivity index is 1.98. The molecule has 1 aliphatic heterocycles. The Kier molecular flexibility index (Phi) is 4.83. The van der Waals surface area contributed by atoms with E-state index in [0.29, 0.717) is 32.4 Å². The molecule has 1 aliphatic rings. The Morgan fingerprint density at radius 1 is 1.45 bits per heavy atom. The minimum Gasteiger partial charge on any atom is -0.388 e. The lowest BCUT2D eigenvalue weighted by molar-refractivity contribution is -0.134. The van der Waals surface area contributed by atoms with Crippen molar-refractivity contribution >= 4 is 21.8 Å². The Bertz CT molecular complexity index is 497. The molecule has 0 aliphatic carbocycles. The average Bonchev–Trinajstić information content (AvgIpc) is 2.44. The number of likely N-dealkylation sites (tertiary alicyclic amines) is 1. The Morgan fingerprint density at radius 2 is 2.10 bits per heavy atom. The van der Waals surface area contributed by atoms with Crippen molar-refractivity contribution in [3.8, 4) is 0 Å². The number of aliphatic hydroxyl groups is 1. The lowest BCUT2D eigenvalue weighted by Crippen LogP contribution is -2.50. The van der Waals surface area contributed by atoms with Crippen LogP contribution >= 0.6 is 15.9 Å². The number of benzene rings is 1. The van der Waals surface area contributed by atoms with Crippen molar-refractivity contribution in [2.45, 2.75) is 31.8 Å². The van der Waals surface area contributed by atoms with E-state index in [2.05, 4.69) is 15.9 Å². The predicted molar refractivity (Wildman–Crippen MR) is 82.4 cm³/mol. The van der Waals surface area contributed by atoms with Gasteiger partial charge in [-0.2, -0.15) is 0 Å². The molecular weight excluding hydrogens is 320 g/mol. The number of nitrogens with zero attached hydrogens (tertiary/aromatic N) is 1. The minimum atomic E-state index is -0.789. The highest BCUT2D eigenvalue weighted by Crippen LogP contribution is 2.23. The first kappa shape index (κ1) is 15.5. The molecule has 3 N–H and O–H groups in total. The van der Waals surface area contributed by atoms with Crippen LogP contribution in [0.3, 0.4) is 0 Å². The summed E-state index contributed by atoms with van der Waals surface area (Å²) in [6.07, 6.45) is 1.53. The van der Waals surface area contributed by atoms with E-state index in [9.17, 15) is 9.90 Å². The second kappa shape index (κ2) is 6.24. The SMILES string of the molecule is Cc1c(Br)cccc1CC(=O)N1CCC(O)(CN)CC1. The molecule has 0 saturated carbocycles. The first-order chi connectivity index (χ1) is 9.45. The predicted octanol–water partition coefficient (Wildman–Crippen LogP) is 1.61. The van der Waals surface area contributed by atoms with Crippen LogP contribution in [0.2, 0.25) is 0 Å². The number of halogens is 1.